The molecule has 0 aromatic heterocycles. The van der Waals surface area contributed by atoms with Crippen molar-refractivity contribution in [1.29, 1.82) is 0 Å². The summed E-state index contributed by atoms with van der Waals surface area (Å²) in [5.74, 6) is 0. The van der Waals surface area contributed by atoms with Crippen molar-refractivity contribution in [3.8, 4) is 0 Å². The van der Waals surface area contributed by atoms with Crippen molar-refractivity contribution in [3.63, 3.8) is 0 Å². The van der Waals surface area contributed by atoms with Gasteiger partial charge in [0.1, 0.15) is 0 Å². The molecule has 1 aromatic carbocycles. The van der Waals surface area contributed by atoms with E-state index in [4.69, 9.17) is 0 Å². The van der Waals surface area contributed by atoms with E-state index in [1.807, 2.05) is 0 Å². The lowest BCUT2D eigenvalue weighted by Gasteiger charge is -2.34. The van der Waals surface area contributed by atoms with Crippen LogP contribution in [0.1, 0.15) is 80.7 Å². The Bertz CT molecular complexity index is 494. The summed E-state index contributed by atoms with van der Waals surface area (Å²) in [6.07, 6.45) is 11.8. The van der Waals surface area contributed by atoms with Gasteiger partial charge in [-0.2, -0.15) is 0 Å². The SMILES string of the molecule is CCCC(C)(CC)c1c2c(c(Br)c3c1CCC3)CCC2. The standard InChI is InChI=1S/C19H27Br/c1-4-12-19(3,5-2)17-13-8-6-10-15(13)18(20)16-11-7-9-14(16)17/h4-12H2,1-3H3. The third-order valence-corrected chi connectivity index (χ3v) is 6.71. The van der Waals surface area contributed by atoms with E-state index >= 15 is 0 Å². The zero-order valence-corrected chi connectivity index (χ0v) is 14.8. The molecular weight excluding hydrogens is 308 g/mol. The summed E-state index contributed by atoms with van der Waals surface area (Å²) in [6.45, 7) is 7.25. The fourth-order valence-corrected chi connectivity index (χ4v) is 5.52. The molecule has 1 aromatic rings. The van der Waals surface area contributed by atoms with Gasteiger partial charge in [0, 0.05) is 4.47 Å². The van der Waals surface area contributed by atoms with E-state index < -0.39 is 0 Å². The van der Waals surface area contributed by atoms with Gasteiger partial charge in [-0.1, -0.05) is 43.1 Å². The Hall–Kier alpha value is -0.300. The van der Waals surface area contributed by atoms with Crippen LogP contribution in [0, 0.1) is 0 Å². The molecule has 110 valence electrons. The molecule has 0 aliphatic heterocycles. The zero-order chi connectivity index (χ0) is 14.3. The largest absolute Gasteiger partial charge is 0.0654 e. The lowest BCUT2D eigenvalue weighted by atomic mass is 9.71. The molecule has 2 aliphatic carbocycles. The van der Waals surface area contributed by atoms with Gasteiger partial charge < -0.3 is 0 Å². The van der Waals surface area contributed by atoms with Gasteiger partial charge in [0.2, 0.25) is 0 Å². The summed E-state index contributed by atoms with van der Waals surface area (Å²) in [6, 6.07) is 0. The molecule has 0 fully saturated rings. The normalized spacial score (nSPS) is 19.8. The molecule has 20 heavy (non-hydrogen) atoms. The highest BCUT2D eigenvalue weighted by molar-refractivity contribution is 9.10. The number of hydrogen-bond acceptors (Lipinski definition) is 0. The van der Waals surface area contributed by atoms with Crippen molar-refractivity contribution in [3.05, 3.63) is 32.3 Å². The zero-order valence-electron chi connectivity index (χ0n) is 13.2. The van der Waals surface area contributed by atoms with Gasteiger partial charge in [-0.15, -0.1) is 0 Å². The van der Waals surface area contributed by atoms with Crippen molar-refractivity contribution in [1.82, 2.24) is 0 Å². The topological polar surface area (TPSA) is 0 Å². The molecule has 1 unspecified atom stereocenters. The molecule has 0 heterocycles. The minimum atomic E-state index is 0.401. The van der Waals surface area contributed by atoms with Crippen LogP contribution < -0.4 is 0 Å². The lowest BCUT2D eigenvalue weighted by Crippen LogP contribution is -2.25. The average molecular weight is 335 g/mol. The van der Waals surface area contributed by atoms with E-state index in [0.717, 1.165) is 0 Å². The Morgan fingerprint density at radius 3 is 1.85 bits per heavy atom. The number of rotatable bonds is 4. The number of hydrogen-bond donors (Lipinski definition) is 0. The predicted molar refractivity (Wildman–Crippen MR) is 90.7 cm³/mol. The molecule has 0 radical (unpaired) electrons. The van der Waals surface area contributed by atoms with Gasteiger partial charge in [-0.25, -0.2) is 0 Å². The van der Waals surface area contributed by atoms with Gasteiger partial charge in [0.25, 0.3) is 0 Å². The summed E-state index contributed by atoms with van der Waals surface area (Å²) in [5.41, 5.74) is 8.97. The van der Waals surface area contributed by atoms with E-state index in [9.17, 15) is 0 Å². The van der Waals surface area contributed by atoms with Crippen LogP contribution in [0.2, 0.25) is 0 Å². The predicted octanol–water partition coefficient (Wildman–Crippen LogP) is 5.89. The summed E-state index contributed by atoms with van der Waals surface area (Å²) in [4.78, 5) is 0. The van der Waals surface area contributed by atoms with Crippen molar-refractivity contribution in [2.45, 2.75) is 84.0 Å². The third-order valence-electron chi connectivity index (χ3n) is 5.75. The van der Waals surface area contributed by atoms with Crippen LogP contribution in [-0.4, -0.2) is 0 Å². The highest BCUT2D eigenvalue weighted by atomic mass is 79.9. The molecule has 3 rings (SSSR count). The molecule has 1 heteroatoms. The van der Waals surface area contributed by atoms with Crippen LogP contribution in [0.5, 0.6) is 0 Å². The number of benzene rings is 1. The highest BCUT2D eigenvalue weighted by Crippen LogP contribution is 2.47. The third kappa shape index (κ3) is 2.08. The molecule has 0 spiro atoms. The monoisotopic (exact) mass is 334 g/mol. The minimum absolute atomic E-state index is 0.401. The van der Waals surface area contributed by atoms with E-state index in [0.29, 0.717) is 5.41 Å². The molecule has 0 amide bonds. The Labute approximate surface area is 132 Å². The number of fused-ring (bicyclic) bond motifs is 2. The van der Waals surface area contributed by atoms with Gasteiger partial charge in [0.05, 0.1) is 0 Å². The van der Waals surface area contributed by atoms with Crippen LogP contribution in [0.15, 0.2) is 4.47 Å². The first kappa shape index (κ1) is 14.6. The molecule has 0 bridgehead atoms. The summed E-state index contributed by atoms with van der Waals surface area (Å²) < 4.78 is 1.48. The van der Waals surface area contributed by atoms with E-state index in [-0.39, 0.29) is 0 Å². The van der Waals surface area contributed by atoms with Crippen molar-refractivity contribution >= 4 is 15.9 Å². The molecule has 0 nitrogen and oxygen atoms in total. The maximum atomic E-state index is 3.95. The average Bonchev–Trinajstić information content (AvgIpc) is 3.08. The van der Waals surface area contributed by atoms with Gasteiger partial charge in [-0.3, -0.25) is 0 Å². The molecule has 0 saturated heterocycles. The van der Waals surface area contributed by atoms with Crippen LogP contribution in [-0.2, 0) is 31.1 Å². The van der Waals surface area contributed by atoms with Crippen LogP contribution in [0.25, 0.3) is 0 Å². The number of halogens is 1. The van der Waals surface area contributed by atoms with Crippen LogP contribution in [0.4, 0.5) is 0 Å². The Balaban J connectivity index is 2.25. The Morgan fingerprint density at radius 1 is 0.900 bits per heavy atom. The quantitative estimate of drug-likeness (QED) is 0.643. The van der Waals surface area contributed by atoms with Crippen LogP contribution in [0.3, 0.4) is 0 Å². The molecule has 0 saturated carbocycles. The Morgan fingerprint density at radius 2 is 1.40 bits per heavy atom. The lowest BCUT2D eigenvalue weighted by molar-refractivity contribution is 0.408. The maximum absolute atomic E-state index is 3.95. The molecule has 2 aliphatic rings. The summed E-state index contributed by atoms with van der Waals surface area (Å²) >= 11 is 3.95. The van der Waals surface area contributed by atoms with E-state index in [2.05, 4.69) is 36.7 Å². The van der Waals surface area contributed by atoms with Crippen LogP contribution >= 0.6 is 15.9 Å². The second kappa shape index (κ2) is 5.48. The van der Waals surface area contributed by atoms with Crippen molar-refractivity contribution in [2.75, 3.05) is 0 Å². The highest BCUT2D eigenvalue weighted by Gasteiger charge is 2.35. The summed E-state index contributed by atoms with van der Waals surface area (Å²) in [5, 5.41) is 0. The van der Waals surface area contributed by atoms with Crippen molar-refractivity contribution in [2.24, 2.45) is 0 Å². The first-order valence-corrected chi connectivity index (χ1v) is 9.27. The second-order valence-electron chi connectivity index (χ2n) is 6.97. The van der Waals surface area contributed by atoms with Gasteiger partial charge in [0.15, 0.2) is 0 Å². The molecule has 0 N–H and O–H groups in total. The summed E-state index contributed by atoms with van der Waals surface area (Å²) in [7, 11) is 0. The molecular formula is C19H27Br. The van der Waals surface area contributed by atoms with Gasteiger partial charge >= 0.3 is 0 Å². The minimum Gasteiger partial charge on any atom is -0.0654 e. The second-order valence-corrected chi connectivity index (χ2v) is 7.77. The first-order valence-electron chi connectivity index (χ1n) is 8.47. The Kier molecular flexibility index (Phi) is 4.01. The van der Waals surface area contributed by atoms with Crippen molar-refractivity contribution < 1.29 is 0 Å². The van der Waals surface area contributed by atoms with E-state index in [1.165, 1.54) is 62.3 Å². The fourth-order valence-electron chi connectivity index (χ4n) is 4.65. The van der Waals surface area contributed by atoms with E-state index in [1.54, 1.807) is 27.8 Å². The van der Waals surface area contributed by atoms with Gasteiger partial charge in [-0.05, 0) is 84.6 Å². The first-order chi connectivity index (χ1) is 9.62. The fraction of sp³-hybridized carbons (Fsp3) is 0.684. The smallest absolute Gasteiger partial charge is 0.0245 e. The molecule has 1 atom stereocenters. The maximum Gasteiger partial charge on any atom is 0.0245 e.